The maximum absolute atomic E-state index is 4.86. The van der Waals surface area contributed by atoms with Crippen LogP contribution in [0, 0.1) is 0 Å². The van der Waals surface area contributed by atoms with Crippen LogP contribution in [-0.4, -0.2) is 23.6 Å². The highest BCUT2D eigenvalue weighted by Crippen LogP contribution is 2.28. The summed E-state index contributed by atoms with van der Waals surface area (Å²) in [4.78, 5) is 11.8. The maximum atomic E-state index is 4.86. The van der Waals surface area contributed by atoms with Gasteiger partial charge in [-0.2, -0.15) is 0 Å². The SMILES string of the molecule is CCCCN(C)c1nc(-c2cccc(Br)c2)nc2ccccc12. The Morgan fingerprint density at radius 3 is 2.65 bits per heavy atom. The zero-order valence-corrected chi connectivity index (χ0v) is 15.0. The van der Waals surface area contributed by atoms with E-state index in [1.807, 2.05) is 30.3 Å². The van der Waals surface area contributed by atoms with Crippen molar-refractivity contribution >= 4 is 32.7 Å². The molecule has 0 bridgehead atoms. The molecule has 2 aromatic carbocycles. The van der Waals surface area contributed by atoms with E-state index in [-0.39, 0.29) is 0 Å². The van der Waals surface area contributed by atoms with Gasteiger partial charge in [-0.1, -0.05) is 53.5 Å². The highest BCUT2D eigenvalue weighted by Gasteiger charge is 2.12. The van der Waals surface area contributed by atoms with Gasteiger partial charge < -0.3 is 4.90 Å². The normalized spacial score (nSPS) is 10.9. The molecule has 23 heavy (non-hydrogen) atoms. The average Bonchev–Trinajstić information content (AvgIpc) is 2.58. The molecule has 0 atom stereocenters. The third-order valence-electron chi connectivity index (χ3n) is 3.87. The smallest absolute Gasteiger partial charge is 0.162 e. The second kappa shape index (κ2) is 7.09. The fraction of sp³-hybridized carbons (Fsp3) is 0.263. The molecule has 0 unspecified atom stereocenters. The van der Waals surface area contributed by atoms with Gasteiger partial charge in [0.2, 0.25) is 0 Å². The summed E-state index contributed by atoms with van der Waals surface area (Å²) in [6, 6.07) is 16.3. The Labute approximate surface area is 145 Å². The number of aromatic nitrogens is 2. The molecule has 0 aliphatic carbocycles. The van der Waals surface area contributed by atoms with E-state index >= 15 is 0 Å². The molecule has 3 nitrogen and oxygen atoms in total. The minimum absolute atomic E-state index is 0.767. The first-order valence-corrected chi connectivity index (χ1v) is 8.72. The maximum Gasteiger partial charge on any atom is 0.162 e. The molecule has 0 amide bonds. The summed E-state index contributed by atoms with van der Waals surface area (Å²) in [7, 11) is 2.11. The van der Waals surface area contributed by atoms with Crippen LogP contribution < -0.4 is 4.90 Å². The number of unbranched alkanes of at least 4 members (excludes halogenated alkanes) is 1. The Morgan fingerprint density at radius 2 is 1.87 bits per heavy atom. The highest BCUT2D eigenvalue weighted by atomic mass is 79.9. The molecule has 0 aliphatic rings. The minimum Gasteiger partial charge on any atom is -0.359 e. The molecule has 0 saturated carbocycles. The van der Waals surface area contributed by atoms with Gasteiger partial charge in [-0.25, -0.2) is 9.97 Å². The summed E-state index contributed by atoms with van der Waals surface area (Å²) in [6.07, 6.45) is 2.33. The van der Waals surface area contributed by atoms with Crippen LogP contribution in [0.1, 0.15) is 19.8 Å². The van der Waals surface area contributed by atoms with Crippen molar-refractivity contribution in [1.29, 1.82) is 0 Å². The van der Waals surface area contributed by atoms with E-state index in [2.05, 4.69) is 53.0 Å². The molecule has 3 aromatic rings. The van der Waals surface area contributed by atoms with Gasteiger partial charge in [-0.05, 0) is 30.7 Å². The van der Waals surface area contributed by atoms with E-state index < -0.39 is 0 Å². The number of fused-ring (bicyclic) bond motifs is 1. The van der Waals surface area contributed by atoms with E-state index in [9.17, 15) is 0 Å². The zero-order valence-electron chi connectivity index (χ0n) is 13.5. The molecule has 4 heteroatoms. The van der Waals surface area contributed by atoms with Gasteiger partial charge in [0.05, 0.1) is 5.52 Å². The van der Waals surface area contributed by atoms with Crippen LogP contribution in [0.5, 0.6) is 0 Å². The molecule has 0 spiro atoms. The molecule has 3 rings (SSSR count). The number of hydrogen-bond acceptors (Lipinski definition) is 3. The van der Waals surface area contributed by atoms with Crippen LogP contribution in [0.4, 0.5) is 5.82 Å². The van der Waals surface area contributed by atoms with Crippen molar-refractivity contribution < 1.29 is 0 Å². The fourth-order valence-electron chi connectivity index (χ4n) is 2.61. The quantitative estimate of drug-likeness (QED) is 0.611. The van der Waals surface area contributed by atoms with Crippen molar-refractivity contribution in [3.63, 3.8) is 0 Å². The average molecular weight is 370 g/mol. The monoisotopic (exact) mass is 369 g/mol. The Bertz CT molecular complexity index is 817. The fourth-order valence-corrected chi connectivity index (χ4v) is 3.01. The first kappa shape index (κ1) is 15.9. The van der Waals surface area contributed by atoms with Gasteiger partial charge in [0.1, 0.15) is 5.82 Å². The Morgan fingerprint density at radius 1 is 1.04 bits per heavy atom. The summed E-state index contributed by atoms with van der Waals surface area (Å²) in [5.41, 5.74) is 2.01. The van der Waals surface area contributed by atoms with Crippen LogP contribution in [0.25, 0.3) is 22.3 Å². The van der Waals surface area contributed by atoms with Crippen LogP contribution in [-0.2, 0) is 0 Å². The summed E-state index contributed by atoms with van der Waals surface area (Å²) in [5, 5.41) is 1.10. The van der Waals surface area contributed by atoms with Crippen molar-refractivity contribution in [2.75, 3.05) is 18.5 Å². The molecular weight excluding hydrogens is 350 g/mol. The lowest BCUT2D eigenvalue weighted by atomic mass is 10.1. The predicted molar refractivity (Wildman–Crippen MR) is 101 cm³/mol. The number of rotatable bonds is 5. The van der Waals surface area contributed by atoms with Gasteiger partial charge in [-0.15, -0.1) is 0 Å². The van der Waals surface area contributed by atoms with E-state index in [4.69, 9.17) is 9.97 Å². The molecular formula is C19H20BrN3. The third kappa shape index (κ3) is 3.53. The van der Waals surface area contributed by atoms with Gasteiger partial charge in [0.25, 0.3) is 0 Å². The first-order chi connectivity index (χ1) is 11.2. The van der Waals surface area contributed by atoms with Crippen molar-refractivity contribution in [3.05, 3.63) is 53.0 Å². The number of benzene rings is 2. The second-order valence-electron chi connectivity index (χ2n) is 5.67. The zero-order chi connectivity index (χ0) is 16.2. The van der Waals surface area contributed by atoms with E-state index in [1.165, 1.54) is 6.42 Å². The van der Waals surface area contributed by atoms with E-state index in [0.717, 1.165) is 45.5 Å². The molecule has 1 heterocycles. The summed E-state index contributed by atoms with van der Waals surface area (Å²) in [5.74, 6) is 1.77. The number of halogens is 1. The van der Waals surface area contributed by atoms with Crippen molar-refractivity contribution in [1.82, 2.24) is 9.97 Å². The van der Waals surface area contributed by atoms with Gasteiger partial charge in [-0.3, -0.25) is 0 Å². The van der Waals surface area contributed by atoms with Crippen molar-refractivity contribution in [3.8, 4) is 11.4 Å². The summed E-state index contributed by atoms with van der Waals surface area (Å²) < 4.78 is 1.03. The predicted octanol–water partition coefficient (Wildman–Crippen LogP) is 5.30. The second-order valence-corrected chi connectivity index (χ2v) is 6.59. The van der Waals surface area contributed by atoms with Crippen LogP contribution in [0.2, 0.25) is 0 Å². The van der Waals surface area contributed by atoms with Crippen LogP contribution in [0.15, 0.2) is 53.0 Å². The number of para-hydroxylation sites is 1. The lowest BCUT2D eigenvalue weighted by Crippen LogP contribution is -2.20. The standard InChI is InChI=1S/C19H20BrN3/c1-3-4-12-23(2)19-16-10-5-6-11-17(16)21-18(22-19)14-8-7-9-15(20)13-14/h5-11,13H,3-4,12H2,1-2H3. The first-order valence-electron chi connectivity index (χ1n) is 7.93. The number of nitrogens with zero attached hydrogens (tertiary/aromatic N) is 3. The lowest BCUT2D eigenvalue weighted by Gasteiger charge is -2.20. The largest absolute Gasteiger partial charge is 0.359 e. The molecule has 1 aromatic heterocycles. The number of anilines is 1. The molecule has 0 radical (unpaired) electrons. The van der Waals surface area contributed by atoms with Crippen LogP contribution in [0.3, 0.4) is 0 Å². The van der Waals surface area contributed by atoms with Gasteiger partial charge >= 0.3 is 0 Å². The Balaban J connectivity index is 2.13. The molecule has 0 N–H and O–H groups in total. The highest BCUT2D eigenvalue weighted by molar-refractivity contribution is 9.10. The van der Waals surface area contributed by atoms with Crippen molar-refractivity contribution in [2.24, 2.45) is 0 Å². The Kier molecular flexibility index (Phi) is 4.91. The summed E-state index contributed by atoms with van der Waals surface area (Å²) >= 11 is 3.52. The third-order valence-corrected chi connectivity index (χ3v) is 4.37. The van der Waals surface area contributed by atoms with Crippen molar-refractivity contribution in [2.45, 2.75) is 19.8 Å². The van der Waals surface area contributed by atoms with Gasteiger partial charge in [0, 0.05) is 29.0 Å². The molecule has 0 saturated heterocycles. The topological polar surface area (TPSA) is 29.0 Å². The van der Waals surface area contributed by atoms with E-state index in [0.29, 0.717) is 0 Å². The summed E-state index contributed by atoms with van der Waals surface area (Å²) in [6.45, 7) is 3.20. The van der Waals surface area contributed by atoms with Gasteiger partial charge in [0.15, 0.2) is 5.82 Å². The molecule has 118 valence electrons. The van der Waals surface area contributed by atoms with Crippen LogP contribution >= 0.6 is 15.9 Å². The Hall–Kier alpha value is -1.94. The van der Waals surface area contributed by atoms with E-state index in [1.54, 1.807) is 0 Å². The minimum atomic E-state index is 0.767. The number of hydrogen-bond donors (Lipinski definition) is 0. The molecule has 0 fully saturated rings. The lowest BCUT2D eigenvalue weighted by molar-refractivity contribution is 0.761. The molecule has 0 aliphatic heterocycles.